The van der Waals surface area contributed by atoms with Crippen molar-refractivity contribution in [2.45, 2.75) is 43.1 Å². The van der Waals surface area contributed by atoms with Crippen molar-refractivity contribution in [3.8, 4) is 5.75 Å². The van der Waals surface area contributed by atoms with Gasteiger partial charge in [-0.25, -0.2) is 8.42 Å². The van der Waals surface area contributed by atoms with Crippen LogP contribution in [0.5, 0.6) is 5.75 Å². The highest BCUT2D eigenvalue weighted by molar-refractivity contribution is 7.90. The van der Waals surface area contributed by atoms with Crippen LogP contribution in [-0.2, 0) is 9.84 Å². The molecule has 0 radical (unpaired) electrons. The second kappa shape index (κ2) is 8.60. The Morgan fingerprint density at radius 1 is 1.10 bits per heavy atom. The number of carbonyl (C=O) groups is 1. The van der Waals surface area contributed by atoms with Gasteiger partial charge in [0.25, 0.3) is 11.6 Å². The smallest absolute Gasteiger partial charge is 0.273 e. The van der Waals surface area contributed by atoms with Crippen LogP contribution in [0.25, 0.3) is 0 Å². The van der Waals surface area contributed by atoms with Gasteiger partial charge in [-0.05, 0) is 56.0 Å². The monoisotopic (exact) mass is 418 g/mol. The van der Waals surface area contributed by atoms with Crippen molar-refractivity contribution in [3.05, 3.63) is 58.1 Å². The summed E-state index contributed by atoms with van der Waals surface area (Å²) in [7, 11) is -3.36. The van der Waals surface area contributed by atoms with Gasteiger partial charge in [0.1, 0.15) is 5.75 Å². The van der Waals surface area contributed by atoms with Gasteiger partial charge in [0.15, 0.2) is 9.84 Å². The number of amides is 1. The van der Waals surface area contributed by atoms with Crippen LogP contribution in [0.2, 0.25) is 0 Å². The topological polar surface area (TPSA) is 116 Å². The number of nitro groups is 1. The molecule has 1 aliphatic rings. The number of nitrogens with one attached hydrogen (secondary N) is 1. The molecule has 2 aromatic rings. The summed E-state index contributed by atoms with van der Waals surface area (Å²) in [5.41, 5.74) is 0.476. The highest BCUT2D eigenvalue weighted by Gasteiger charge is 2.20. The van der Waals surface area contributed by atoms with Crippen molar-refractivity contribution in [3.63, 3.8) is 0 Å². The Morgan fingerprint density at radius 2 is 1.76 bits per heavy atom. The van der Waals surface area contributed by atoms with Gasteiger partial charge in [-0.3, -0.25) is 14.9 Å². The Morgan fingerprint density at radius 3 is 2.34 bits per heavy atom. The van der Waals surface area contributed by atoms with Crippen LogP contribution in [0, 0.1) is 10.1 Å². The normalized spacial score (nSPS) is 14.9. The fraction of sp³-hybridized carbons (Fsp3) is 0.350. The molecule has 154 valence electrons. The lowest BCUT2D eigenvalue weighted by Gasteiger charge is -2.24. The average Bonchev–Trinajstić information content (AvgIpc) is 2.69. The minimum atomic E-state index is -3.36. The summed E-state index contributed by atoms with van der Waals surface area (Å²) in [5.74, 6) is -0.209. The van der Waals surface area contributed by atoms with E-state index >= 15 is 0 Å². The van der Waals surface area contributed by atoms with E-state index < -0.39 is 20.7 Å². The van der Waals surface area contributed by atoms with Gasteiger partial charge >= 0.3 is 0 Å². The van der Waals surface area contributed by atoms with Gasteiger partial charge in [0, 0.05) is 17.9 Å². The summed E-state index contributed by atoms with van der Waals surface area (Å²) in [5, 5.41) is 13.8. The Hall–Kier alpha value is -2.94. The number of hydrogen-bond acceptors (Lipinski definition) is 6. The number of sulfone groups is 1. The van der Waals surface area contributed by atoms with Crippen molar-refractivity contribution < 1.29 is 22.9 Å². The summed E-state index contributed by atoms with van der Waals surface area (Å²) < 4.78 is 29.1. The zero-order chi connectivity index (χ0) is 21.0. The Bertz CT molecular complexity index is 1010. The quantitative estimate of drug-likeness (QED) is 0.561. The number of anilines is 1. The minimum absolute atomic E-state index is 0.0459. The molecule has 0 spiro atoms. The van der Waals surface area contributed by atoms with E-state index in [4.69, 9.17) is 4.74 Å². The van der Waals surface area contributed by atoms with E-state index in [1.807, 2.05) is 0 Å². The highest BCUT2D eigenvalue weighted by atomic mass is 32.2. The maximum Gasteiger partial charge on any atom is 0.273 e. The first-order chi connectivity index (χ1) is 13.7. The average molecular weight is 418 g/mol. The first kappa shape index (κ1) is 20.8. The van der Waals surface area contributed by atoms with Crippen LogP contribution in [0.4, 0.5) is 11.4 Å². The zero-order valence-electron chi connectivity index (χ0n) is 16.0. The molecule has 1 aliphatic carbocycles. The van der Waals surface area contributed by atoms with Crippen molar-refractivity contribution in [1.82, 2.24) is 0 Å². The lowest BCUT2D eigenvalue weighted by Crippen LogP contribution is -2.21. The Labute approximate surface area is 169 Å². The van der Waals surface area contributed by atoms with E-state index in [1.54, 1.807) is 0 Å². The van der Waals surface area contributed by atoms with E-state index in [1.165, 1.54) is 42.5 Å². The van der Waals surface area contributed by atoms with Gasteiger partial charge < -0.3 is 10.1 Å². The predicted octanol–water partition coefficient (Wildman–Crippen LogP) is 3.96. The van der Waals surface area contributed by atoms with Crippen LogP contribution in [0.3, 0.4) is 0 Å². The molecule has 1 fully saturated rings. The molecule has 1 amide bonds. The molecule has 0 atom stereocenters. The summed E-state index contributed by atoms with van der Waals surface area (Å²) in [4.78, 5) is 23.3. The van der Waals surface area contributed by atoms with E-state index in [0.717, 1.165) is 38.4 Å². The summed E-state index contributed by atoms with van der Waals surface area (Å²) in [6, 6.07) is 9.61. The maximum absolute atomic E-state index is 12.6. The first-order valence-electron chi connectivity index (χ1n) is 9.30. The molecule has 2 aromatic carbocycles. The molecule has 1 saturated carbocycles. The Balaban J connectivity index is 1.83. The summed E-state index contributed by atoms with van der Waals surface area (Å²) in [6.07, 6.45) is 5.99. The van der Waals surface area contributed by atoms with Crippen LogP contribution >= 0.6 is 0 Å². The third kappa shape index (κ3) is 5.32. The van der Waals surface area contributed by atoms with E-state index in [2.05, 4.69) is 5.32 Å². The van der Waals surface area contributed by atoms with Crippen molar-refractivity contribution in [1.29, 1.82) is 0 Å². The number of hydrogen-bond donors (Lipinski definition) is 1. The number of benzene rings is 2. The molecule has 29 heavy (non-hydrogen) atoms. The molecule has 0 saturated heterocycles. The van der Waals surface area contributed by atoms with Crippen LogP contribution in [0.1, 0.15) is 42.5 Å². The summed E-state index contributed by atoms with van der Waals surface area (Å²) >= 11 is 0. The molecule has 1 N–H and O–H groups in total. The number of nitrogens with zero attached hydrogens (tertiary/aromatic N) is 1. The van der Waals surface area contributed by atoms with Gasteiger partial charge in [0.05, 0.1) is 27.7 Å². The lowest BCUT2D eigenvalue weighted by atomic mass is 9.98. The van der Waals surface area contributed by atoms with Crippen molar-refractivity contribution in [2.75, 3.05) is 11.6 Å². The molecule has 0 aromatic heterocycles. The van der Waals surface area contributed by atoms with Crippen LogP contribution in [0.15, 0.2) is 47.4 Å². The number of carbonyl (C=O) groups excluding carboxylic acids is 1. The minimum Gasteiger partial charge on any atom is -0.488 e. The number of ether oxygens (including phenoxy) is 1. The van der Waals surface area contributed by atoms with E-state index in [0.29, 0.717) is 5.69 Å². The molecular weight excluding hydrogens is 396 g/mol. The third-order valence-corrected chi connectivity index (χ3v) is 5.94. The SMILES string of the molecule is CS(=O)(=O)c1ccc(C(=O)Nc2ccc([N+](=O)[O-])cc2OC2CCCCC2)cc1. The van der Waals surface area contributed by atoms with Gasteiger partial charge in [-0.1, -0.05) is 6.42 Å². The van der Waals surface area contributed by atoms with Crippen LogP contribution in [-0.4, -0.2) is 31.6 Å². The molecule has 0 bridgehead atoms. The molecule has 0 heterocycles. The standard InChI is InChI=1S/C20H22N2O6S/c1-29(26,27)17-10-7-14(8-11-17)20(23)21-18-12-9-15(22(24)25)13-19(18)28-16-5-3-2-4-6-16/h7-13,16H,2-6H2,1H3,(H,21,23). The predicted molar refractivity (Wildman–Crippen MR) is 108 cm³/mol. The Kier molecular flexibility index (Phi) is 6.17. The second-order valence-corrected chi connectivity index (χ2v) is 9.08. The third-order valence-electron chi connectivity index (χ3n) is 4.81. The molecule has 0 unspecified atom stereocenters. The highest BCUT2D eigenvalue weighted by Crippen LogP contribution is 2.33. The first-order valence-corrected chi connectivity index (χ1v) is 11.2. The maximum atomic E-state index is 12.6. The molecule has 8 nitrogen and oxygen atoms in total. The summed E-state index contributed by atoms with van der Waals surface area (Å²) in [6.45, 7) is 0. The number of nitro benzene ring substituents is 1. The van der Waals surface area contributed by atoms with Crippen LogP contribution < -0.4 is 10.1 Å². The van der Waals surface area contributed by atoms with Crippen molar-refractivity contribution in [2.24, 2.45) is 0 Å². The second-order valence-electron chi connectivity index (χ2n) is 7.07. The fourth-order valence-electron chi connectivity index (χ4n) is 3.24. The van der Waals surface area contributed by atoms with Gasteiger partial charge in [0.2, 0.25) is 0 Å². The lowest BCUT2D eigenvalue weighted by molar-refractivity contribution is -0.384. The van der Waals surface area contributed by atoms with Crippen molar-refractivity contribution >= 4 is 27.1 Å². The van der Waals surface area contributed by atoms with Gasteiger partial charge in [-0.2, -0.15) is 0 Å². The number of non-ortho nitro benzene ring substituents is 1. The molecule has 0 aliphatic heterocycles. The van der Waals surface area contributed by atoms with Gasteiger partial charge in [-0.15, -0.1) is 0 Å². The molecule has 3 rings (SSSR count). The van der Waals surface area contributed by atoms with E-state index in [-0.39, 0.29) is 28.0 Å². The number of rotatable bonds is 6. The fourth-order valence-corrected chi connectivity index (χ4v) is 3.87. The zero-order valence-corrected chi connectivity index (χ0v) is 16.8. The molecule has 9 heteroatoms. The molecular formula is C20H22N2O6S. The largest absolute Gasteiger partial charge is 0.488 e. The van der Waals surface area contributed by atoms with E-state index in [9.17, 15) is 23.3 Å².